The van der Waals surface area contributed by atoms with Crippen molar-refractivity contribution in [2.45, 2.75) is 26.4 Å². The number of halogens is 1. The lowest BCUT2D eigenvalue weighted by Crippen LogP contribution is -2.07. The van der Waals surface area contributed by atoms with Crippen LogP contribution in [0.1, 0.15) is 28.6 Å². The van der Waals surface area contributed by atoms with Gasteiger partial charge < -0.3 is 5.11 Å². The molecule has 4 heteroatoms. The molecule has 1 unspecified atom stereocenters. The predicted molar refractivity (Wildman–Crippen MR) is 72.8 cm³/mol. The second kappa shape index (κ2) is 5.12. The van der Waals surface area contributed by atoms with E-state index in [4.69, 9.17) is 11.6 Å². The molecule has 18 heavy (non-hydrogen) atoms. The van der Waals surface area contributed by atoms with E-state index in [1.165, 1.54) is 0 Å². The van der Waals surface area contributed by atoms with Gasteiger partial charge in [0.25, 0.3) is 0 Å². The minimum Gasteiger partial charge on any atom is -0.388 e. The summed E-state index contributed by atoms with van der Waals surface area (Å²) in [5.41, 5.74) is 3.79. The summed E-state index contributed by atoms with van der Waals surface area (Å²) in [5, 5.41) is 15.3. The lowest BCUT2D eigenvalue weighted by molar-refractivity contribution is 0.175. The molecule has 0 spiro atoms. The van der Waals surface area contributed by atoms with Crippen LogP contribution in [-0.2, 0) is 13.5 Å². The molecule has 0 saturated heterocycles. The maximum absolute atomic E-state index is 10.3. The van der Waals surface area contributed by atoms with Crippen molar-refractivity contribution < 1.29 is 5.11 Å². The Labute approximate surface area is 112 Å². The summed E-state index contributed by atoms with van der Waals surface area (Å²) in [6, 6.07) is 7.60. The molecular weight excluding hydrogens is 248 g/mol. The molecule has 1 atom stereocenters. The summed E-state index contributed by atoms with van der Waals surface area (Å²) in [6.07, 6.45) is -0.0167. The van der Waals surface area contributed by atoms with E-state index in [0.29, 0.717) is 11.4 Å². The molecule has 1 N–H and O–H groups in total. The highest BCUT2D eigenvalue weighted by atomic mass is 35.5. The molecule has 3 nitrogen and oxygen atoms in total. The number of benzene rings is 1. The fourth-order valence-electron chi connectivity index (χ4n) is 2.15. The van der Waals surface area contributed by atoms with Gasteiger partial charge in [-0.25, -0.2) is 0 Å². The molecule has 0 radical (unpaired) electrons. The SMILES string of the molecule is Cc1cc(CC(O)c2cccc(Cl)c2C)n(C)n1. The zero-order chi connectivity index (χ0) is 13.3. The Kier molecular flexibility index (Phi) is 3.73. The topological polar surface area (TPSA) is 38.0 Å². The number of hydrogen-bond donors (Lipinski definition) is 1. The minimum atomic E-state index is -0.557. The van der Waals surface area contributed by atoms with Crippen LogP contribution in [-0.4, -0.2) is 14.9 Å². The highest BCUT2D eigenvalue weighted by Crippen LogP contribution is 2.26. The van der Waals surface area contributed by atoms with Gasteiger partial charge in [0, 0.05) is 24.2 Å². The van der Waals surface area contributed by atoms with Crippen molar-refractivity contribution in [1.82, 2.24) is 9.78 Å². The zero-order valence-corrected chi connectivity index (χ0v) is 11.6. The van der Waals surface area contributed by atoms with Crippen LogP contribution in [0.5, 0.6) is 0 Å². The maximum atomic E-state index is 10.3. The van der Waals surface area contributed by atoms with Crippen LogP contribution < -0.4 is 0 Å². The Hall–Kier alpha value is -1.32. The Balaban J connectivity index is 2.24. The quantitative estimate of drug-likeness (QED) is 0.926. The van der Waals surface area contributed by atoms with E-state index < -0.39 is 6.10 Å². The van der Waals surface area contributed by atoms with Gasteiger partial charge in [0.15, 0.2) is 0 Å². The van der Waals surface area contributed by atoms with Gasteiger partial charge in [0.2, 0.25) is 0 Å². The molecule has 2 rings (SSSR count). The van der Waals surface area contributed by atoms with E-state index in [9.17, 15) is 5.11 Å². The molecule has 0 amide bonds. The molecule has 1 aromatic heterocycles. The third kappa shape index (κ3) is 2.57. The van der Waals surface area contributed by atoms with Crippen molar-refractivity contribution in [3.05, 3.63) is 51.8 Å². The maximum Gasteiger partial charge on any atom is 0.0848 e. The van der Waals surface area contributed by atoms with Gasteiger partial charge >= 0.3 is 0 Å². The van der Waals surface area contributed by atoms with Crippen LogP contribution in [0.4, 0.5) is 0 Å². The molecule has 0 aliphatic heterocycles. The lowest BCUT2D eigenvalue weighted by Gasteiger charge is -2.14. The first-order valence-electron chi connectivity index (χ1n) is 5.91. The standard InChI is InChI=1S/C14H17ClN2O/c1-9-7-11(17(3)16-9)8-14(18)12-5-4-6-13(15)10(12)2/h4-7,14,18H,8H2,1-3H3. The average molecular weight is 265 g/mol. The molecular formula is C14H17ClN2O. The van der Waals surface area contributed by atoms with Crippen molar-refractivity contribution in [3.8, 4) is 0 Å². The molecule has 96 valence electrons. The first-order valence-corrected chi connectivity index (χ1v) is 6.29. The average Bonchev–Trinajstić information content (AvgIpc) is 2.61. The van der Waals surface area contributed by atoms with Gasteiger partial charge in [-0.1, -0.05) is 23.7 Å². The Morgan fingerprint density at radius 1 is 1.39 bits per heavy atom. The molecule has 1 heterocycles. The molecule has 1 aromatic carbocycles. The fourth-order valence-corrected chi connectivity index (χ4v) is 2.33. The van der Waals surface area contributed by atoms with E-state index >= 15 is 0 Å². The third-order valence-electron chi connectivity index (χ3n) is 3.17. The fraction of sp³-hybridized carbons (Fsp3) is 0.357. The monoisotopic (exact) mass is 264 g/mol. The normalized spacial score (nSPS) is 12.7. The molecule has 0 fully saturated rings. The summed E-state index contributed by atoms with van der Waals surface area (Å²) in [6.45, 7) is 3.87. The third-order valence-corrected chi connectivity index (χ3v) is 3.58. The van der Waals surface area contributed by atoms with E-state index in [-0.39, 0.29) is 0 Å². The molecule has 0 bridgehead atoms. The lowest BCUT2D eigenvalue weighted by atomic mass is 10.00. The van der Waals surface area contributed by atoms with E-state index in [1.54, 1.807) is 4.68 Å². The van der Waals surface area contributed by atoms with E-state index in [1.807, 2.05) is 45.2 Å². The van der Waals surface area contributed by atoms with Crippen molar-refractivity contribution in [3.63, 3.8) is 0 Å². The van der Waals surface area contributed by atoms with Gasteiger partial charge in [0.1, 0.15) is 0 Å². The van der Waals surface area contributed by atoms with Gasteiger partial charge in [-0.05, 0) is 37.1 Å². The van der Waals surface area contributed by atoms with Gasteiger partial charge in [0.05, 0.1) is 11.8 Å². The number of aliphatic hydroxyl groups is 1. The smallest absolute Gasteiger partial charge is 0.0848 e. The Morgan fingerprint density at radius 2 is 2.11 bits per heavy atom. The second-order valence-electron chi connectivity index (χ2n) is 4.57. The van der Waals surface area contributed by atoms with Gasteiger partial charge in [-0.2, -0.15) is 5.10 Å². The Bertz CT molecular complexity index is 563. The highest BCUT2D eigenvalue weighted by Gasteiger charge is 2.15. The molecule has 0 aliphatic carbocycles. The largest absolute Gasteiger partial charge is 0.388 e. The van der Waals surface area contributed by atoms with Crippen LogP contribution in [0.3, 0.4) is 0 Å². The summed E-state index contributed by atoms with van der Waals surface area (Å²) in [7, 11) is 1.89. The summed E-state index contributed by atoms with van der Waals surface area (Å²) >= 11 is 6.07. The van der Waals surface area contributed by atoms with Crippen LogP contribution in [0, 0.1) is 13.8 Å². The van der Waals surface area contributed by atoms with Crippen LogP contribution in [0.25, 0.3) is 0 Å². The number of hydrogen-bond acceptors (Lipinski definition) is 2. The van der Waals surface area contributed by atoms with Crippen LogP contribution in [0.15, 0.2) is 24.3 Å². The molecule has 2 aromatic rings. The van der Waals surface area contributed by atoms with Crippen molar-refractivity contribution in [1.29, 1.82) is 0 Å². The number of nitrogens with zero attached hydrogens (tertiary/aromatic N) is 2. The second-order valence-corrected chi connectivity index (χ2v) is 4.98. The number of aryl methyl sites for hydroxylation is 2. The molecule has 0 aliphatic rings. The number of aliphatic hydroxyl groups excluding tert-OH is 1. The van der Waals surface area contributed by atoms with Crippen molar-refractivity contribution in [2.75, 3.05) is 0 Å². The van der Waals surface area contributed by atoms with Crippen LogP contribution in [0.2, 0.25) is 5.02 Å². The first-order chi connectivity index (χ1) is 8.49. The van der Waals surface area contributed by atoms with E-state index in [2.05, 4.69) is 5.10 Å². The van der Waals surface area contributed by atoms with Crippen LogP contribution >= 0.6 is 11.6 Å². The van der Waals surface area contributed by atoms with Gasteiger partial charge in [-0.15, -0.1) is 0 Å². The van der Waals surface area contributed by atoms with Crippen molar-refractivity contribution >= 4 is 11.6 Å². The van der Waals surface area contributed by atoms with Gasteiger partial charge in [-0.3, -0.25) is 4.68 Å². The number of rotatable bonds is 3. The zero-order valence-electron chi connectivity index (χ0n) is 10.8. The minimum absolute atomic E-state index is 0.540. The van der Waals surface area contributed by atoms with Crippen molar-refractivity contribution in [2.24, 2.45) is 7.05 Å². The summed E-state index contributed by atoms with van der Waals surface area (Å²) in [4.78, 5) is 0. The first kappa shape index (κ1) is 13.1. The summed E-state index contributed by atoms with van der Waals surface area (Å²) < 4.78 is 1.80. The molecule has 0 saturated carbocycles. The number of aromatic nitrogens is 2. The summed E-state index contributed by atoms with van der Waals surface area (Å²) in [5.74, 6) is 0. The van der Waals surface area contributed by atoms with E-state index in [0.717, 1.165) is 22.5 Å². The predicted octanol–water partition coefficient (Wildman–Crippen LogP) is 2.97. The Morgan fingerprint density at radius 3 is 2.72 bits per heavy atom. The highest BCUT2D eigenvalue weighted by molar-refractivity contribution is 6.31.